The van der Waals surface area contributed by atoms with E-state index in [2.05, 4.69) is 6.58 Å². The standard InChI is InChI=1S/C8H12O2/c1-2-3-8(6-9)4-5-10-7-8/h2,6H,1,3-5,7H2. The van der Waals surface area contributed by atoms with Gasteiger partial charge in [0.2, 0.25) is 0 Å². The molecule has 0 amide bonds. The van der Waals surface area contributed by atoms with Crippen LogP contribution in [0.25, 0.3) is 0 Å². The first-order valence-electron chi connectivity index (χ1n) is 3.48. The second-order valence-electron chi connectivity index (χ2n) is 2.78. The number of aldehydes is 1. The van der Waals surface area contributed by atoms with Gasteiger partial charge in [0.15, 0.2) is 0 Å². The second-order valence-corrected chi connectivity index (χ2v) is 2.78. The lowest BCUT2D eigenvalue weighted by Crippen LogP contribution is -2.21. The van der Waals surface area contributed by atoms with Gasteiger partial charge in [-0.05, 0) is 12.8 Å². The minimum absolute atomic E-state index is 0.234. The molecule has 0 aromatic rings. The van der Waals surface area contributed by atoms with E-state index in [0.29, 0.717) is 13.2 Å². The summed E-state index contributed by atoms with van der Waals surface area (Å²) in [4.78, 5) is 10.6. The van der Waals surface area contributed by atoms with Crippen molar-refractivity contribution >= 4 is 6.29 Å². The summed E-state index contributed by atoms with van der Waals surface area (Å²) in [5.74, 6) is 0. The molecule has 1 atom stereocenters. The van der Waals surface area contributed by atoms with Gasteiger partial charge in [-0.3, -0.25) is 0 Å². The van der Waals surface area contributed by atoms with Crippen LogP contribution in [0.15, 0.2) is 12.7 Å². The van der Waals surface area contributed by atoms with Gasteiger partial charge in [-0.25, -0.2) is 0 Å². The average molecular weight is 140 g/mol. The summed E-state index contributed by atoms with van der Waals surface area (Å²) in [7, 11) is 0. The van der Waals surface area contributed by atoms with Crippen LogP contribution in [-0.2, 0) is 9.53 Å². The zero-order chi connectivity index (χ0) is 7.45. The Balaban J connectivity index is 2.57. The van der Waals surface area contributed by atoms with E-state index >= 15 is 0 Å². The lowest BCUT2D eigenvalue weighted by Gasteiger charge is -2.16. The van der Waals surface area contributed by atoms with E-state index in [4.69, 9.17) is 4.74 Å². The normalized spacial score (nSPS) is 32.0. The van der Waals surface area contributed by atoms with E-state index < -0.39 is 0 Å². The van der Waals surface area contributed by atoms with Gasteiger partial charge in [0, 0.05) is 6.61 Å². The first-order chi connectivity index (χ1) is 4.83. The van der Waals surface area contributed by atoms with Crippen molar-refractivity contribution in [2.24, 2.45) is 5.41 Å². The largest absolute Gasteiger partial charge is 0.380 e. The molecule has 0 spiro atoms. The highest BCUT2D eigenvalue weighted by Gasteiger charge is 2.32. The molecular weight excluding hydrogens is 128 g/mol. The van der Waals surface area contributed by atoms with E-state index in [9.17, 15) is 4.79 Å². The molecular formula is C8H12O2. The van der Waals surface area contributed by atoms with Crippen LogP contribution in [0, 0.1) is 5.41 Å². The van der Waals surface area contributed by atoms with Crippen molar-refractivity contribution in [1.82, 2.24) is 0 Å². The summed E-state index contributed by atoms with van der Waals surface area (Å²) in [6.45, 7) is 4.89. The first kappa shape index (κ1) is 7.48. The Morgan fingerprint density at radius 3 is 2.90 bits per heavy atom. The third kappa shape index (κ3) is 1.27. The van der Waals surface area contributed by atoms with Gasteiger partial charge in [0.25, 0.3) is 0 Å². The maximum Gasteiger partial charge on any atom is 0.128 e. The van der Waals surface area contributed by atoms with E-state index in [1.807, 2.05) is 0 Å². The number of rotatable bonds is 3. The Morgan fingerprint density at radius 1 is 1.70 bits per heavy atom. The van der Waals surface area contributed by atoms with Crippen LogP contribution in [0.3, 0.4) is 0 Å². The van der Waals surface area contributed by atoms with E-state index in [1.54, 1.807) is 6.08 Å². The van der Waals surface area contributed by atoms with Gasteiger partial charge < -0.3 is 9.53 Å². The monoisotopic (exact) mass is 140 g/mol. The zero-order valence-electron chi connectivity index (χ0n) is 6.01. The summed E-state index contributed by atoms with van der Waals surface area (Å²) >= 11 is 0. The molecule has 0 saturated carbocycles. The Kier molecular flexibility index (Phi) is 2.22. The van der Waals surface area contributed by atoms with Crippen molar-refractivity contribution in [3.8, 4) is 0 Å². The van der Waals surface area contributed by atoms with Crippen LogP contribution < -0.4 is 0 Å². The van der Waals surface area contributed by atoms with Crippen LogP contribution in [0.4, 0.5) is 0 Å². The summed E-state index contributed by atoms with van der Waals surface area (Å²) < 4.78 is 5.12. The number of allylic oxidation sites excluding steroid dienone is 1. The molecule has 56 valence electrons. The van der Waals surface area contributed by atoms with Crippen LogP contribution in [0.5, 0.6) is 0 Å². The second kappa shape index (κ2) is 2.97. The predicted octanol–water partition coefficient (Wildman–Crippen LogP) is 1.17. The van der Waals surface area contributed by atoms with Crippen LogP contribution >= 0.6 is 0 Å². The van der Waals surface area contributed by atoms with Gasteiger partial charge >= 0.3 is 0 Å². The molecule has 0 aliphatic carbocycles. The quantitative estimate of drug-likeness (QED) is 0.434. The van der Waals surface area contributed by atoms with Gasteiger partial charge in [-0.15, -0.1) is 6.58 Å². The lowest BCUT2D eigenvalue weighted by atomic mass is 9.86. The summed E-state index contributed by atoms with van der Waals surface area (Å²) in [6.07, 6.45) is 4.38. The minimum atomic E-state index is -0.234. The van der Waals surface area contributed by atoms with Crippen molar-refractivity contribution in [3.05, 3.63) is 12.7 Å². The molecule has 0 bridgehead atoms. The van der Waals surface area contributed by atoms with Crippen molar-refractivity contribution in [2.75, 3.05) is 13.2 Å². The molecule has 0 aromatic heterocycles. The Hall–Kier alpha value is -0.630. The maximum atomic E-state index is 10.6. The fourth-order valence-corrected chi connectivity index (χ4v) is 1.21. The fourth-order valence-electron chi connectivity index (χ4n) is 1.21. The smallest absolute Gasteiger partial charge is 0.128 e. The van der Waals surface area contributed by atoms with E-state index in [-0.39, 0.29) is 5.41 Å². The van der Waals surface area contributed by atoms with Gasteiger partial charge in [0.1, 0.15) is 6.29 Å². The van der Waals surface area contributed by atoms with E-state index in [0.717, 1.165) is 19.1 Å². The Labute approximate surface area is 60.9 Å². The molecule has 1 heterocycles. The van der Waals surface area contributed by atoms with Crippen molar-refractivity contribution < 1.29 is 9.53 Å². The molecule has 1 unspecified atom stereocenters. The maximum absolute atomic E-state index is 10.6. The van der Waals surface area contributed by atoms with Gasteiger partial charge in [-0.2, -0.15) is 0 Å². The highest BCUT2D eigenvalue weighted by molar-refractivity contribution is 5.60. The lowest BCUT2D eigenvalue weighted by molar-refractivity contribution is -0.116. The first-order valence-corrected chi connectivity index (χ1v) is 3.48. The number of carbonyl (C=O) groups excluding carboxylic acids is 1. The number of ether oxygens (including phenoxy) is 1. The Morgan fingerprint density at radius 2 is 2.50 bits per heavy atom. The third-order valence-electron chi connectivity index (χ3n) is 1.93. The average Bonchev–Trinajstić information content (AvgIpc) is 2.39. The number of hydrogen-bond acceptors (Lipinski definition) is 2. The molecule has 10 heavy (non-hydrogen) atoms. The Bertz CT molecular complexity index is 134. The predicted molar refractivity (Wildman–Crippen MR) is 38.7 cm³/mol. The SMILES string of the molecule is C=CCC1(C=O)CCOC1. The molecule has 2 nitrogen and oxygen atoms in total. The van der Waals surface area contributed by atoms with Crippen LogP contribution in [0.2, 0.25) is 0 Å². The fraction of sp³-hybridized carbons (Fsp3) is 0.625. The molecule has 1 aliphatic heterocycles. The molecule has 0 aromatic carbocycles. The molecule has 0 radical (unpaired) electrons. The molecule has 0 N–H and O–H groups in total. The topological polar surface area (TPSA) is 26.3 Å². The van der Waals surface area contributed by atoms with Crippen molar-refractivity contribution in [3.63, 3.8) is 0 Å². The highest BCUT2D eigenvalue weighted by atomic mass is 16.5. The van der Waals surface area contributed by atoms with Crippen LogP contribution in [0.1, 0.15) is 12.8 Å². The van der Waals surface area contributed by atoms with Gasteiger partial charge in [0.05, 0.1) is 12.0 Å². The molecule has 1 rings (SSSR count). The number of hydrogen-bond donors (Lipinski definition) is 0. The van der Waals surface area contributed by atoms with Crippen molar-refractivity contribution in [1.29, 1.82) is 0 Å². The van der Waals surface area contributed by atoms with Gasteiger partial charge in [-0.1, -0.05) is 6.08 Å². The summed E-state index contributed by atoms with van der Waals surface area (Å²) in [6, 6.07) is 0. The molecule has 1 saturated heterocycles. The minimum Gasteiger partial charge on any atom is -0.380 e. The number of carbonyl (C=O) groups is 1. The molecule has 1 aliphatic rings. The summed E-state index contributed by atoms with van der Waals surface area (Å²) in [5, 5.41) is 0. The third-order valence-corrected chi connectivity index (χ3v) is 1.93. The van der Waals surface area contributed by atoms with Crippen molar-refractivity contribution in [2.45, 2.75) is 12.8 Å². The zero-order valence-corrected chi connectivity index (χ0v) is 6.01. The highest BCUT2D eigenvalue weighted by Crippen LogP contribution is 2.29. The van der Waals surface area contributed by atoms with E-state index in [1.165, 1.54) is 0 Å². The molecule has 1 fully saturated rings. The van der Waals surface area contributed by atoms with Crippen LogP contribution in [-0.4, -0.2) is 19.5 Å². The summed E-state index contributed by atoms with van der Waals surface area (Å²) in [5.41, 5.74) is -0.234. The molecule has 2 heteroatoms.